The van der Waals surface area contributed by atoms with Crippen molar-refractivity contribution in [1.82, 2.24) is 5.32 Å². The molecule has 3 nitrogen and oxygen atoms in total. The summed E-state index contributed by atoms with van der Waals surface area (Å²) in [5, 5.41) is 3.20. The van der Waals surface area contributed by atoms with Gasteiger partial charge in [0.05, 0.1) is 6.61 Å². The fourth-order valence-corrected chi connectivity index (χ4v) is 1.46. The molecule has 0 aromatic carbocycles. The van der Waals surface area contributed by atoms with Gasteiger partial charge in [-0.25, -0.2) is 0 Å². The van der Waals surface area contributed by atoms with Crippen LogP contribution in [0.1, 0.15) is 45.4 Å². The van der Waals surface area contributed by atoms with E-state index >= 15 is 0 Å². The fourth-order valence-electron chi connectivity index (χ4n) is 1.46. The zero-order valence-electron chi connectivity index (χ0n) is 10.3. The number of rotatable bonds is 12. The number of nitrogens with two attached hydrogens (primary N) is 1. The zero-order valence-corrected chi connectivity index (χ0v) is 10.3. The van der Waals surface area contributed by atoms with Crippen molar-refractivity contribution in [2.45, 2.75) is 45.4 Å². The Morgan fingerprint density at radius 1 is 0.933 bits per heavy atom. The van der Waals surface area contributed by atoms with E-state index in [1.54, 1.807) is 0 Å². The largest absolute Gasteiger partial charge is 0.380 e. The van der Waals surface area contributed by atoms with Gasteiger partial charge in [0.25, 0.3) is 0 Å². The first-order valence-electron chi connectivity index (χ1n) is 6.40. The molecule has 0 spiro atoms. The topological polar surface area (TPSA) is 47.3 Å². The van der Waals surface area contributed by atoms with Crippen molar-refractivity contribution in [3.63, 3.8) is 0 Å². The minimum atomic E-state index is 0.706. The number of hydrogen-bond acceptors (Lipinski definition) is 3. The van der Waals surface area contributed by atoms with E-state index in [-0.39, 0.29) is 0 Å². The van der Waals surface area contributed by atoms with Crippen molar-refractivity contribution >= 4 is 0 Å². The summed E-state index contributed by atoms with van der Waals surface area (Å²) in [5.74, 6) is 0. The summed E-state index contributed by atoms with van der Waals surface area (Å²) in [6.07, 6.45) is 7.97. The minimum absolute atomic E-state index is 0.706. The van der Waals surface area contributed by atoms with Gasteiger partial charge in [-0.2, -0.15) is 0 Å². The van der Waals surface area contributed by atoms with E-state index in [0.29, 0.717) is 6.54 Å². The molecule has 0 aliphatic carbocycles. The highest BCUT2D eigenvalue weighted by Crippen LogP contribution is 2.04. The van der Waals surface area contributed by atoms with Crippen LogP contribution in [0, 0.1) is 0 Å². The molecule has 0 amide bonds. The Labute approximate surface area is 94.8 Å². The Hall–Kier alpha value is -0.120. The van der Waals surface area contributed by atoms with E-state index in [9.17, 15) is 0 Å². The molecular formula is C12H28N2O. The number of hydrogen-bond donors (Lipinski definition) is 2. The standard InChI is InChI=1S/C12H28N2O/c1-2-3-4-5-6-7-11-15-12-10-14-9-8-13/h14H,2-13H2,1H3. The number of nitrogens with one attached hydrogen (secondary N) is 1. The van der Waals surface area contributed by atoms with Crippen LogP contribution in [-0.2, 0) is 4.74 Å². The van der Waals surface area contributed by atoms with E-state index < -0.39 is 0 Å². The maximum absolute atomic E-state index is 5.48. The highest BCUT2D eigenvalue weighted by Gasteiger charge is 1.91. The van der Waals surface area contributed by atoms with Gasteiger partial charge in [-0.3, -0.25) is 0 Å². The molecule has 0 radical (unpaired) electrons. The van der Waals surface area contributed by atoms with Gasteiger partial charge in [0.1, 0.15) is 0 Å². The first-order valence-corrected chi connectivity index (χ1v) is 6.40. The van der Waals surface area contributed by atoms with Crippen LogP contribution in [0.15, 0.2) is 0 Å². The molecule has 0 saturated heterocycles. The molecule has 0 rings (SSSR count). The molecule has 0 aliphatic heterocycles. The monoisotopic (exact) mass is 216 g/mol. The Morgan fingerprint density at radius 3 is 2.40 bits per heavy atom. The normalized spacial score (nSPS) is 10.8. The molecule has 0 aromatic heterocycles. The summed E-state index contributed by atoms with van der Waals surface area (Å²) in [6, 6.07) is 0. The molecular weight excluding hydrogens is 188 g/mol. The van der Waals surface area contributed by atoms with Crippen LogP contribution in [-0.4, -0.2) is 32.8 Å². The summed E-state index contributed by atoms with van der Waals surface area (Å²) >= 11 is 0. The lowest BCUT2D eigenvalue weighted by Gasteiger charge is -2.05. The molecule has 3 N–H and O–H groups in total. The fraction of sp³-hybridized carbons (Fsp3) is 1.00. The van der Waals surface area contributed by atoms with Crippen molar-refractivity contribution in [3.8, 4) is 0 Å². The summed E-state index contributed by atoms with van der Waals surface area (Å²) in [7, 11) is 0. The molecule has 92 valence electrons. The van der Waals surface area contributed by atoms with Gasteiger partial charge in [-0.05, 0) is 6.42 Å². The third-order valence-electron chi connectivity index (χ3n) is 2.39. The third kappa shape index (κ3) is 13.9. The quantitative estimate of drug-likeness (QED) is 0.490. The third-order valence-corrected chi connectivity index (χ3v) is 2.39. The average molecular weight is 216 g/mol. The highest BCUT2D eigenvalue weighted by molar-refractivity contribution is 4.47. The molecule has 0 unspecified atom stereocenters. The Bertz CT molecular complexity index is 97.8. The van der Waals surface area contributed by atoms with E-state index in [4.69, 9.17) is 10.5 Å². The average Bonchev–Trinajstić information content (AvgIpc) is 2.26. The second-order valence-electron chi connectivity index (χ2n) is 3.92. The van der Waals surface area contributed by atoms with Gasteiger partial charge in [0, 0.05) is 26.2 Å². The molecule has 0 aromatic rings. The lowest BCUT2D eigenvalue weighted by Crippen LogP contribution is -2.26. The van der Waals surface area contributed by atoms with Crippen LogP contribution in [0.25, 0.3) is 0 Å². The summed E-state index contributed by atoms with van der Waals surface area (Å²) in [4.78, 5) is 0. The smallest absolute Gasteiger partial charge is 0.0590 e. The van der Waals surface area contributed by atoms with Crippen molar-refractivity contribution in [2.24, 2.45) is 5.73 Å². The van der Waals surface area contributed by atoms with Gasteiger partial charge in [-0.15, -0.1) is 0 Å². The van der Waals surface area contributed by atoms with Gasteiger partial charge < -0.3 is 15.8 Å². The maximum atomic E-state index is 5.48. The molecule has 3 heteroatoms. The van der Waals surface area contributed by atoms with Gasteiger partial charge >= 0.3 is 0 Å². The van der Waals surface area contributed by atoms with E-state index in [2.05, 4.69) is 12.2 Å². The molecule has 0 bridgehead atoms. The van der Waals surface area contributed by atoms with Crippen LogP contribution in [0.5, 0.6) is 0 Å². The van der Waals surface area contributed by atoms with Crippen molar-refractivity contribution in [1.29, 1.82) is 0 Å². The summed E-state index contributed by atoms with van der Waals surface area (Å²) < 4.78 is 5.48. The SMILES string of the molecule is CCCCCCCCOCCNCCN. The lowest BCUT2D eigenvalue weighted by atomic mass is 10.1. The molecule has 0 fully saturated rings. The summed E-state index contributed by atoms with van der Waals surface area (Å²) in [5.41, 5.74) is 5.35. The van der Waals surface area contributed by atoms with Crippen LogP contribution in [0.2, 0.25) is 0 Å². The van der Waals surface area contributed by atoms with Gasteiger partial charge in [0.2, 0.25) is 0 Å². The summed E-state index contributed by atoms with van der Waals surface area (Å²) in [6.45, 7) is 6.49. The van der Waals surface area contributed by atoms with Gasteiger partial charge in [0.15, 0.2) is 0 Å². The zero-order chi connectivity index (χ0) is 11.2. The van der Waals surface area contributed by atoms with E-state index in [1.165, 1.54) is 38.5 Å². The van der Waals surface area contributed by atoms with E-state index in [0.717, 1.165) is 26.3 Å². The predicted octanol–water partition coefficient (Wildman–Crippen LogP) is 1.91. The Morgan fingerprint density at radius 2 is 1.67 bits per heavy atom. The maximum Gasteiger partial charge on any atom is 0.0590 e. The first-order chi connectivity index (χ1) is 7.41. The van der Waals surface area contributed by atoms with Crippen LogP contribution in [0.3, 0.4) is 0 Å². The van der Waals surface area contributed by atoms with Crippen molar-refractivity contribution in [2.75, 3.05) is 32.8 Å². The first kappa shape index (κ1) is 14.9. The van der Waals surface area contributed by atoms with Crippen molar-refractivity contribution < 1.29 is 4.74 Å². The van der Waals surface area contributed by atoms with Crippen molar-refractivity contribution in [3.05, 3.63) is 0 Å². The van der Waals surface area contributed by atoms with Crippen LogP contribution in [0.4, 0.5) is 0 Å². The molecule has 0 heterocycles. The number of unbranched alkanes of at least 4 members (excludes halogenated alkanes) is 5. The van der Waals surface area contributed by atoms with Crippen LogP contribution >= 0.6 is 0 Å². The predicted molar refractivity (Wildman–Crippen MR) is 66.1 cm³/mol. The molecule has 0 atom stereocenters. The number of ether oxygens (including phenoxy) is 1. The second-order valence-corrected chi connectivity index (χ2v) is 3.92. The minimum Gasteiger partial charge on any atom is -0.380 e. The van der Waals surface area contributed by atoms with Crippen LogP contribution < -0.4 is 11.1 Å². The Balaban J connectivity index is 2.81. The molecule has 0 aliphatic rings. The second kappa shape index (κ2) is 13.9. The van der Waals surface area contributed by atoms with E-state index in [1.807, 2.05) is 0 Å². The highest BCUT2D eigenvalue weighted by atomic mass is 16.5. The van der Waals surface area contributed by atoms with Gasteiger partial charge in [-0.1, -0.05) is 39.0 Å². The lowest BCUT2D eigenvalue weighted by molar-refractivity contribution is 0.132. The Kier molecular flexibility index (Phi) is 13.8. The molecule has 0 saturated carbocycles. The molecule has 15 heavy (non-hydrogen) atoms.